The molecule has 0 spiro atoms. The van der Waals surface area contributed by atoms with E-state index in [-0.39, 0.29) is 12.4 Å². The number of ether oxygens (including phenoxy) is 1. The second-order valence-electron chi connectivity index (χ2n) is 6.62. The number of nitrogens with zero attached hydrogens (tertiary/aromatic N) is 1. The Bertz CT molecular complexity index is 853. The molecule has 25 heavy (non-hydrogen) atoms. The van der Waals surface area contributed by atoms with Crippen molar-refractivity contribution in [3.05, 3.63) is 50.5 Å². The standard InChI is InChI=1S/C20H23NO3S/c1-12-9-16(14(3)21(12)17-6-7-17)5-8-20(23)24-11-19(22)18-10-13(2)25-15(18)4/h5,8-10,17H,6-7,11H2,1-4H3/b8-5+. The predicted molar refractivity (Wildman–Crippen MR) is 100 cm³/mol. The maximum Gasteiger partial charge on any atom is 0.331 e. The highest BCUT2D eigenvalue weighted by molar-refractivity contribution is 7.12. The van der Waals surface area contributed by atoms with Crippen molar-refractivity contribution >= 4 is 29.2 Å². The van der Waals surface area contributed by atoms with Gasteiger partial charge in [-0.3, -0.25) is 4.79 Å². The molecular weight excluding hydrogens is 334 g/mol. The van der Waals surface area contributed by atoms with Crippen LogP contribution in [0, 0.1) is 27.7 Å². The molecule has 3 rings (SSSR count). The van der Waals surface area contributed by atoms with E-state index < -0.39 is 5.97 Å². The van der Waals surface area contributed by atoms with Crippen LogP contribution in [0.1, 0.15) is 55.9 Å². The molecule has 2 aromatic heterocycles. The maximum atomic E-state index is 12.1. The Morgan fingerprint density at radius 3 is 2.56 bits per heavy atom. The van der Waals surface area contributed by atoms with Crippen molar-refractivity contribution in [3.8, 4) is 0 Å². The van der Waals surface area contributed by atoms with Crippen molar-refractivity contribution in [2.45, 2.75) is 46.6 Å². The van der Waals surface area contributed by atoms with E-state index in [0.29, 0.717) is 11.6 Å². The Labute approximate surface area is 152 Å². The molecule has 2 heterocycles. The van der Waals surface area contributed by atoms with E-state index in [1.54, 1.807) is 17.4 Å². The average molecular weight is 357 g/mol. The highest BCUT2D eigenvalue weighted by Crippen LogP contribution is 2.38. The van der Waals surface area contributed by atoms with Crippen LogP contribution in [0.3, 0.4) is 0 Å². The third-order valence-electron chi connectivity index (χ3n) is 4.52. The molecule has 0 amide bonds. The number of aromatic nitrogens is 1. The number of hydrogen-bond donors (Lipinski definition) is 0. The lowest BCUT2D eigenvalue weighted by molar-refractivity contribution is -0.136. The van der Waals surface area contributed by atoms with E-state index in [9.17, 15) is 9.59 Å². The first-order valence-electron chi connectivity index (χ1n) is 8.50. The molecule has 0 saturated heterocycles. The van der Waals surface area contributed by atoms with Gasteiger partial charge in [0.1, 0.15) is 0 Å². The lowest BCUT2D eigenvalue weighted by atomic mass is 10.2. The minimum Gasteiger partial charge on any atom is -0.454 e. The number of carbonyl (C=O) groups excluding carboxylic acids is 2. The maximum absolute atomic E-state index is 12.1. The van der Waals surface area contributed by atoms with Gasteiger partial charge in [-0.1, -0.05) is 0 Å². The molecule has 0 aliphatic heterocycles. The summed E-state index contributed by atoms with van der Waals surface area (Å²) in [6.07, 6.45) is 5.63. The predicted octanol–water partition coefficient (Wildman–Crippen LogP) is 4.56. The largest absolute Gasteiger partial charge is 0.454 e. The minimum atomic E-state index is -0.492. The van der Waals surface area contributed by atoms with Crippen LogP contribution in [0.25, 0.3) is 6.08 Å². The minimum absolute atomic E-state index is 0.157. The molecule has 5 heteroatoms. The van der Waals surface area contributed by atoms with Crippen LogP contribution in [0.4, 0.5) is 0 Å². The number of aryl methyl sites for hydroxylation is 3. The van der Waals surface area contributed by atoms with Gasteiger partial charge in [0, 0.05) is 38.8 Å². The molecule has 4 nitrogen and oxygen atoms in total. The fourth-order valence-electron chi connectivity index (χ4n) is 3.19. The van der Waals surface area contributed by atoms with Gasteiger partial charge in [-0.25, -0.2) is 4.79 Å². The molecule has 1 aliphatic carbocycles. The van der Waals surface area contributed by atoms with E-state index in [4.69, 9.17) is 4.74 Å². The zero-order valence-corrected chi connectivity index (χ0v) is 15.9. The Morgan fingerprint density at radius 1 is 1.24 bits per heavy atom. The van der Waals surface area contributed by atoms with Crippen LogP contribution in [0.15, 0.2) is 18.2 Å². The van der Waals surface area contributed by atoms with E-state index in [0.717, 1.165) is 15.3 Å². The second kappa shape index (κ2) is 7.00. The van der Waals surface area contributed by atoms with Gasteiger partial charge >= 0.3 is 5.97 Å². The first-order chi connectivity index (χ1) is 11.9. The van der Waals surface area contributed by atoms with Crippen LogP contribution >= 0.6 is 11.3 Å². The number of thiophene rings is 1. The highest BCUT2D eigenvalue weighted by atomic mass is 32.1. The monoisotopic (exact) mass is 357 g/mol. The van der Waals surface area contributed by atoms with E-state index in [1.807, 2.05) is 19.9 Å². The van der Waals surface area contributed by atoms with E-state index in [2.05, 4.69) is 24.5 Å². The number of Topliss-reactive ketones (excluding diaryl/α,β-unsaturated/α-hetero) is 1. The number of ketones is 1. The molecule has 1 aliphatic rings. The van der Waals surface area contributed by atoms with Gasteiger partial charge in [-0.05, 0) is 64.3 Å². The molecule has 0 N–H and O–H groups in total. The van der Waals surface area contributed by atoms with Gasteiger partial charge < -0.3 is 9.30 Å². The van der Waals surface area contributed by atoms with Crippen molar-refractivity contribution in [1.29, 1.82) is 0 Å². The fourth-order valence-corrected chi connectivity index (χ4v) is 4.14. The molecule has 0 aromatic carbocycles. The zero-order chi connectivity index (χ0) is 18.1. The summed E-state index contributed by atoms with van der Waals surface area (Å²) in [5.74, 6) is -0.648. The average Bonchev–Trinajstić information content (AvgIpc) is 3.26. The summed E-state index contributed by atoms with van der Waals surface area (Å²) in [6, 6.07) is 4.54. The highest BCUT2D eigenvalue weighted by Gasteiger charge is 2.26. The van der Waals surface area contributed by atoms with Crippen LogP contribution in [0.2, 0.25) is 0 Å². The summed E-state index contributed by atoms with van der Waals surface area (Å²) < 4.78 is 7.43. The first-order valence-corrected chi connectivity index (χ1v) is 9.32. The first kappa shape index (κ1) is 17.7. The topological polar surface area (TPSA) is 48.3 Å². The molecular formula is C20H23NO3S. The van der Waals surface area contributed by atoms with Crippen LogP contribution in [-0.4, -0.2) is 22.9 Å². The number of hydrogen-bond acceptors (Lipinski definition) is 4. The number of rotatable bonds is 6. The van der Waals surface area contributed by atoms with Crippen molar-refractivity contribution in [2.24, 2.45) is 0 Å². The second-order valence-corrected chi connectivity index (χ2v) is 8.08. The van der Waals surface area contributed by atoms with Gasteiger partial charge in [0.15, 0.2) is 6.61 Å². The summed E-state index contributed by atoms with van der Waals surface area (Å²) in [5.41, 5.74) is 4.06. The summed E-state index contributed by atoms with van der Waals surface area (Å²) in [5, 5.41) is 0. The molecule has 0 atom stereocenters. The molecule has 0 unspecified atom stereocenters. The Balaban J connectivity index is 1.59. The van der Waals surface area contributed by atoms with Gasteiger partial charge in [0.2, 0.25) is 5.78 Å². The van der Waals surface area contributed by atoms with Crippen molar-refractivity contribution in [2.75, 3.05) is 6.61 Å². The Hall–Kier alpha value is -2.14. The molecule has 0 bridgehead atoms. The molecule has 1 fully saturated rings. The van der Waals surface area contributed by atoms with Crippen molar-refractivity contribution < 1.29 is 14.3 Å². The smallest absolute Gasteiger partial charge is 0.331 e. The van der Waals surface area contributed by atoms with E-state index >= 15 is 0 Å². The van der Waals surface area contributed by atoms with Gasteiger partial charge in [0.25, 0.3) is 0 Å². The van der Waals surface area contributed by atoms with Gasteiger partial charge in [0.05, 0.1) is 0 Å². The van der Waals surface area contributed by atoms with Crippen molar-refractivity contribution in [1.82, 2.24) is 4.57 Å². The van der Waals surface area contributed by atoms with Crippen LogP contribution in [0.5, 0.6) is 0 Å². The van der Waals surface area contributed by atoms with E-state index in [1.165, 1.54) is 30.3 Å². The summed E-state index contributed by atoms with van der Waals surface area (Å²) in [7, 11) is 0. The molecule has 132 valence electrons. The lowest BCUT2D eigenvalue weighted by Crippen LogP contribution is -2.12. The lowest BCUT2D eigenvalue weighted by Gasteiger charge is -2.06. The summed E-state index contributed by atoms with van der Waals surface area (Å²) >= 11 is 1.57. The van der Waals surface area contributed by atoms with Crippen molar-refractivity contribution in [3.63, 3.8) is 0 Å². The zero-order valence-electron chi connectivity index (χ0n) is 15.1. The molecule has 1 saturated carbocycles. The Morgan fingerprint density at radius 2 is 1.96 bits per heavy atom. The van der Waals surface area contributed by atoms with Gasteiger partial charge in [-0.15, -0.1) is 11.3 Å². The van der Waals surface area contributed by atoms with Crippen LogP contribution in [-0.2, 0) is 9.53 Å². The number of esters is 1. The third kappa shape index (κ3) is 3.93. The Kier molecular flexibility index (Phi) is 4.95. The summed E-state index contributed by atoms with van der Waals surface area (Å²) in [4.78, 5) is 26.1. The summed E-state index contributed by atoms with van der Waals surface area (Å²) in [6.45, 7) is 7.80. The molecule has 0 radical (unpaired) electrons. The van der Waals surface area contributed by atoms with Crippen LogP contribution < -0.4 is 0 Å². The SMILES string of the molecule is Cc1cc(C(=O)COC(=O)/C=C/c2cc(C)n(C3CC3)c2C)c(C)s1. The number of carbonyl (C=O) groups is 2. The quantitative estimate of drug-likeness (QED) is 0.433. The fraction of sp³-hybridized carbons (Fsp3) is 0.400. The third-order valence-corrected chi connectivity index (χ3v) is 5.49. The van der Waals surface area contributed by atoms with Gasteiger partial charge in [-0.2, -0.15) is 0 Å². The normalized spacial score (nSPS) is 14.2. The molecule has 2 aromatic rings.